The molecule has 14 heavy (non-hydrogen) atoms. The van der Waals surface area contributed by atoms with E-state index in [4.69, 9.17) is 4.74 Å². The van der Waals surface area contributed by atoms with E-state index in [0.29, 0.717) is 25.5 Å². The van der Waals surface area contributed by atoms with Crippen LogP contribution < -0.4 is 5.56 Å². The number of halogens is 1. The van der Waals surface area contributed by atoms with Gasteiger partial charge in [-0.15, -0.1) is 0 Å². The number of ether oxygens (including phenoxy) is 1. The van der Waals surface area contributed by atoms with Gasteiger partial charge in [0.15, 0.2) is 0 Å². The Morgan fingerprint density at radius 2 is 2.29 bits per heavy atom. The molecule has 0 unspecified atom stereocenters. The summed E-state index contributed by atoms with van der Waals surface area (Å²) >= 11 is 0. The van der Waals surface area contributed by atoms with Crippen LogP contribution in [0.5, 0.6) is 0 Å². The van der Waals surface area contributed by atoms with Crippen molar-refractivity contribution < 1.29 is 9.13 Å². The lowest BCUT2D eigenvalue weighted by atomic mass is 10.3. The lowest BCUT2D eigenvalue weighted by Gasteiger charge is -2.02. The minimum absolute atomic E-state index is 0.125. The van der Waals surface area contributed by atoms with Crippen LogP contribution in [0.1, 0.15) is 18.4 Å². The van der Waals surface area contributed by atoms with E-state index in [1.54, 1.807) is 0 Å². The molecule has 0 aliphatic heterocycles. The number of aromatic nitrogens is 2. The van der Waals surface area contributed by atoms with Crippen molar-refractivity contribution in [2.45, 2.75) is 20.3 Å². The van der Waals surface area contributed by atoms with Crippen LogP contribution in [0.3, 0.4) is 0 Å². The van der Waals surface area contributed by atoms with E-state index in [1.165, 1.54) is 6.92 Å². The van der Waals surface area contributed by atoms with Gasteiger partial charge in [0.25, 0.3) is 5.56 Å². The molecule has 0 aliphatic carbocycles. The molecule has 4 nitrogen and oxygen atoms in total. The first-order chi connectivity index (χ1) is 6.65. The maximum Gasteiger partial charge on any atom is 0.287 e. The molecule has 0 spiro atoms. The normalized spacial score (nSPS) is 10.5. The number of nitrogens with zero attached hydrogens (tertiary/aromatic N) is 1. The molecule has 0 saturated carbocycles. The fourth-order valence-corrected chi connectivity index (χ4v) is 1.06. The van der Waals surface area contributed by atoms with E-state index < -0.39 is 11.4 Å². The molecular weight excluding hydrogens is 187 g/mol. The van der Waals surface area contributed by atoms with Gasteiger partial charge in [0.1, 0.15) is 5.82 Å². The first kappa shape index (κ1) is 10.8. The van der Waals surface area contributed by atoms with E-state index in [-0.39, 0.29) is 5.69 Å². The minimum Gasteiger partial charge on any atom is -0.381 e. The fourth-order valence-electron chi connectivity index (χ4n) is 1.06. The van der Waals surface area contributed by atoms with Crippen LogP contribution >= 0.6 is 0 Å². The Labute approximate surface area is 81.1 Å². The van der Waals surface area contributed by atoms with Gasteiger partial charge in [-0.3, -0.25) is 4.79 Å². The number of aryl methyl sites for hydroxylation is 1. The van der Waals surface area contributed by atoms with Gasteiger partial charge in [-0.1, -0.05) is 0 Å². The van der Waals surface area contributed by atoms with Gasteiger partial charge in [0.05, 0.1) is 12.3 Å². The Kier molecular flexibility index (Phi) is 3.76. The molecular formula is C9H13FN2O2. The maximum absolute atomic E-state index is 12.9. The van der Waals surface area contributed by atoms with Gasteiger partial charge in [-0.05, 0) is 13.8 Å². The van der Waals surface area contributed by atoms with Crippen LogP contribution in [0.15, 0.2) is 4.79 Å². The van der Waals surface area contributed by atoms with Crippen molar-refractivity contribution in [3.05, 3.63) is 27.7 Å². The highest BCUT2D eigenvalue weighted by Crippen LogP contribution is 1.97. The van der Waals surface area contributed by atoms with Crippen LogP contribution in [0, 0.1) is 12.7 Å². The predicted molar refractivity (Wildman–Crippen MR) is 49.7 cm³/mol. The third-order valence-electron chi connectivity index (χ3n) is 1.76. The quantitative estimate of drug-likeness (QED) is 0.731. The summed E-state index contributed by atoms with van der Waals surface area (Å²) in [6.45, 7) is 4.44. The highest BCUT2D eigenvalue weighted by Gasteiger charge is 2.06. The standard InChI is InChI=1S/C9H13FN2O2/c1-3-14-5-4-7-11-6(2)8(10)9(13)12-7/h3-5H2,1-2H3,(H,11,12,13). The summed E-state index contributed by atoms with van der Waals surface area (Å²) in [5.74, 6) is -0.354. The first-order valence-electron chi connectivity index (χ1n) is 4.48. The zero-order valence-corrected chi connectivity index (χ0v) is 8.26. The summed E-state index contributed by atoms with van der Waals surface area (Å²) in [4.78, 5) is 17.2. The summed E-state index contributed by atoms with van der Waals surface area (Å²) in [5.41, 5.74) is -0.593. The minimum atomic E-state index is -0.815. The molecule has 1 heterocycles. The number of nitrogens with one attached hydrogen (secondary N) is 1. The van der Waals surface area contributed by atoms with Crippen molar-refractivity contribution in [1.82, 2.24) is 9.97 Å². The summed E-state index contributed by atoms with van der Waals surface area (Å²) < 4.78 is 18.0. The molecule has 1 rings (SSSR count). The summed E-state index contributed by atoms with van der Waals surface area (Å²) in [7, 11) is 0. The Morgan fingerprint density at radius 1 is 1.57 bits per heavy atom. The second kappa shape index (κ2) is 4.85. The molecule has 0 saturated heterocycles. The molecule has 1 aromatic heterocycles. The van der Waals surface area contributed by atoms with Crippen molar-refractivity contribution in [2.75, 3.05) is 13.2 Å². The largest absolute Gasteiger partial charge is 0.381 e. The van der Waals surface area contributed by atoms with Gasteiger partial charge in [0.2, 0.25) is 5.82 Å². The van der Waals surface area contributed by atoms with Crippen molar-refractivity contribution in [3.8, 4) is 0 Å². The lowest BCUT2D eigenvalue weighted by Crippen LogP contribution is -2.18. The molecule has 0 fully saturated rings. The van der Waals surface area contributed by atoms with Gasteiger partial charge in [-0.25, -0.2) is 4.98 Å². The SMILES string of the molecule is CCOCCc1nc(C)c(F)c(=O)[nH]1. The van der Waals surface area contributed by atoms with Gasteiger partial charge in [-0.2, -0.15) is 4.39 Å². The van der Waals surface area contributed by atoms with E-state index in [0.717, 1.165) is 0 Å². The average Bonchev–Trinajstić information content (AvgIpc) is 2.14. The number of hydrogen-bond donors (Lipinski definition) is 1. The van der Waals surface area contributed by atoms with Gasteiger partial charge < -0.3 is 9.72 Å². The Bertz CT molecular complexity index is 362. The van der Waals surface area contributed by atoms with E-state index in [9.17, 15) is 9.18 Å². The summed E-state index contributed by atoms with van der Waals surface area (Å²) in [5, 5.41) is 0. The van der Waals surface area contributed by atoms with E-state index in [2.05, 4.69) is 9.97 Å². The Balaban J connectivity index is 2.75. The smallest absolute Gasteiger partial charge is 0.287 e. The van der Waals surface area contributed by atoms with Crippen LogP contribution in [0.2, 0.25) is 0 Å². The molecule has 78 valence electrons. The summed E-state index contributed by atoms with van der Waals surface area (Å²) in [6, 6.07) is 0. The van der Waals surface area contributed by atoms with Crippen molar-refractivity contribution in [1.29, 1.82) is 0 Å². The number of hydrogen-bond acceptors (Lipinski definition) is 3. The molecule has 0 bridgehead atoms. The molecule has 5 heteroatoms. The van der Waals surface area contributed by atoms with E-state index in [1.807, 2.05) is 6.92 Å². The van der Waals surface area contributed by atoms with Gasteiger partial charge in [0, 0.05) is 13.0 Å². The first-order valence-corrected chi connectivity index (χ1v) is 4.48. The molecule has 0 radical (unpaired) electrons. The maximum atomic E-state index is 12.9. The second-order valence-corrected chi connectivity index (χ2v) is 2.86. The Morgan fingerprint density at radius 3 is 2.86 bits per heavy atom. The average molecular weight is 200 g/mol. The fraction of sp³-hybridized carbons (Fsp3) is 0.556. The number of aromatic amines is 1. The highest BCUT2D eigenvalue weighted by atomic mass is 19.1. The van der Waals surface area contributed by atoms with Crippen LogP contribution in [-0.2, 0) is 11.2 Å². The third kappa shape index (κ3) is 2.63. The predicted octanol–water partition coefficient (Wildman–Crippen LogP) is 0.796. The molecule has 1 aromatic rings. The molecule has 0 aromatic carbocycles. The zero-order valence-electron chi connectivity index (χ0n) is 8.26. The lowest BCUT2D eigenvalue weighted by molar-refractivity contribution is 0.149. The summed E-state index contributed by atoms with van der Waals surface area (Å²) in [6.07, 6.45) is 0.490. The van der Waals surface area contributed by atoms with Crippen LogP contribution in [-0.4, -0.2) is 23.2 Å². The van der Waals surface area contributed by atoms with Crippen molar-refractivity contribution in [2.24, 2.45) is 0 Å². The van der Waals surface area contributed by atoms with E-state index >= 15 is 0 Å². The van der Waals surface area contributed by atoms with Crippen LogP contribution in [0.4, 0.5) is 4.39 Å². The van der Waals surface area contributed by atoms with Crippen molar-refractivity contribution >= 4 is 0 Å². The van der Waals surface area contributed by atoms with Crippen molar-refractivity contribution in [3.63, 3.8) is 0 Å². The Hall–Kier alpha value is -1.23. The number of rotatable bonds is 4. The molecule has 0 aliphatic rings. The van der Waals surface area contributed by atoms with Crippen LogP contribution in [0.25, 0.3) is 0 Å². The monoisotopic (exact) mass is 200 g/mol. The third-order valence-corrected chi connectivity index (χ3v) is 1.76. The molecule has 1 N–H and O–H groups in total. The highest BCUT2D eigenvalue weighted by molar-refractivity contribution is 5.03. The second-order valence-electron chi connectivity index (χ2n) is 2.86. The zero-order chi connectivity index (χ0) is 10.6. The number of H-pyrrole nitrogens is 1. The molecule has 0 amide bonds. The topological polar surface area (TPSA) is 55.0 Å². The molecule has 0 atom stereocenters. The van der Waals surface area contributed by atoms with Gasteiger partial charge >= 0.3 is 0 Å².